The van der Waals surface area contributed by atoms with Gasteiger partial charge < -0.3 is 19.3 Å². The molecule has 0 saturated carbocycles. The molecule has 2 rings (SSSR count). The van der Waals surface area contributed by atoms with Crippen molar-refractivity contribution in [2.24, 2.45) is 0 Å². The minimum Gasteiger partial charge on any atom is -0.497 e. The lowest BCUT2D eigenvalue weighted by atomic mass is 10.1. The third kappa shape index (κ3) is 5.28. The maximum absolute atomic E-state index is 10.7. The Morgan fingerprint density at radius 1 is 1.04 bits per heavy atom. The monoisotopic (exact) mass is 356 g/mol. The normalized spacial score (nSPS) is 10.8. The number of hydrogen-bond acceptors (Lipinski definition) is 4. The van der Waals surface area contributed by atoms with E-state index in [9.17, 15) is 4.79 Å². The van der Waals surface area contributed by atoms with E-state index in [-0.39, 0.29) is 0 Å². The zero-order valence-corrected chi connectivity index (χ0v) is 15.5. The van der Waals surface area contributed by atoms with Crippen LogP contribution in [0.3, 0.4) is 0 Å². The number of carboxylic acids is 1. The summed E-state index contributed by atoms with van der Waals surface area (Å²) in [6.45, 7) is 6.83. The Balaban J connectivity index is 2.03. The smallest absolute Gasteiger partial charge is 0.328 e. The second-order valence-electron chi connectivity index (χ2n) is 5.98. The second-order valence-corrected chi connectivity index (χ2v) is 5.98. The van der Waals surface area contributed by atoms with Gasteiger partial charge in [-0.25, -0.2) is 4.79 Å². The molecule has 0 fully saturated rings. The highest BCUT2D eigenvalue weighted by Gasteiger charge is 2.07. The van der Waals surface area contributed by atoms with Gasteiger partial charge in [-0.05, 0) is 61.7 Å². The van der Waals surface area contributed by atoms with Crippen molar-refractivity contribution in [2.45, 2.75) is 20.8 Å². The van der Waals surface area contributed by atoms with E-state index in [2.05, 4.69) is 13.0 Å². The summed E-state index contributed by atoms with van der Waals surface area (Å²) in [5.41, 5.74) is 4.12. The number of ether oxygens (including phenoxy) is 3. The molecule has 5 heteroatoms. The predicted molar refractivity (Wildman–Crippen MR) is 101 cm³/mol. The van der Waals surface area contributed by atoms with Gasteiger partial charge in [-0.2, -0.15) is 0 Å². The number of benzene rings is 2. The molecule has 0 heterocycles. The second kappa shape index (κ2) is 8.94. The SMILES string of the molecule is COc1ccc(C=CC(=O)O)c(OCCOc2cc(C)cc(C)c2C)c1. The molecule has 0 unspecified atom stereocenters. The number of aryl methyl sites for hydroxylation is 2. The Hall–Kier alpha value is -2.95. The lowest BCUT2D eigenvalue weighted by Crippen LogP contribution is -2.10. The maximum Gasteiger partial charge on any atom is 0.328 e. The van der Waals surface area contributed by atoms with Crippen molar-refractivity contribution >= 4 is 12.0 Å². The number of hydrogen-bond donors (Lipinski definition) is 1. The van der Waals surface area contributed by atoms with E-state index in [0.29, 0.717) is 30.3 Å². The summed E-state index contributed by atoms with van der Waals surface area (Å²) in [5.74, 6) is 1.02. The third-order valence-corrected chi connectivity index (χ3v) is 3.99. The molecule has 2 aromatic carbocycles. The molecule has 1 N–H and O–H groups in total. The number of methoxy groups -OCH3 is 1. The maximum atomic E-state index is 10.7. The molecule has 0 bridgehead atoms. The van der Waals surface area contributed by atoms with Crippen LogP contribution in [0.25, 0.3) is 6.08 Å². The van der Waals surface area contributed by atoms with Gasteiger partial charge in [0.2, 0.25) is 0 Å². The molecule has 0 spiro atoms. The Kier molecular flexibility index (Phi) is 6.67. The van der Waals surface area contributed by atoms with Crippen molar-refractivity contribution in [3.63, 3.8) is 0 Å². The Labute approximate surface area is 153 Å². The Morgan fingerprint density at radius 3 is 2.38 bits per heavy atom. The van der Waals surface area contributed by atoms with E-state index in [1.165, 1.54) is 11.6 Å². The fourth-order valence-electron chi connectivity index (χ4n) is 2.52. The van der Waals surface area contributed by atoms with Crippen LogP contribution in [0.2, 0.25) is 0 Å². The first-order chi connectivity index (χ1) is 12.4. The summed E-state index contributed by atoms with van der Waals surface area (Å²) in [5, 5.41) is 8.81. The zero-order chi connectivity index (χ0) is 19.1. The van der Waals surface area contributed by atoms with Crippen LogP contribution in [0.5, 0.6) is 17.2 Å². The van der Waals surface area contributed by atoms with E-state index < -0.39 is 5.97 Å². The summed E-state index contributed by atoms with van der Waals surface area (Å²) >= 11 is 0. The topological polar surface area (TPSA) is 65.0 Å². The molecule has 0 aliphatic carbocycles. The van der Waals surface area contributed by atoms with Crippen molar-refractivity contribution in [1.29, 1.82) is 0 Å². The van der Waals surface area contributed by atoms with Crippen LogP contribution in [0.4, 0.5) is 0 Å². The quantitative estimate of drug-likeness (QED) is 0.568. The lowest BCUT2D eigenvalue weighted by molar-refractivity contribution is -0.131. The Bertz CT molecular complexity index is 808. The highest BCUT2D eigenvalue weighted by molar-refractivity contribution is 5.86. The zero-order valence-electron chi connectivity index (χ0n) is 15.5. The van der Waals surface area contributed by atoms with Gasteiger partial charge in [-0.15, -0.1) is 0 Å². The van der Waals surface area contributed by atoms with Gasteiger partial charge >= 0.3 is 5.97 Å². The summed E-state index contributed by atoms with van der Waals surface area (Å²) < 4.78 is 16.8. The van der Waals surface area contributed by atoms with Crippen molar-refractivity contribution in [1.82, 2.24) is 0 Å². The largest absolute Gasteiger partial charge is 0.497 e. The lowest BCUT2D eigenvalue weighted by Gasteiger charge is -2.14. The molecule has 0 amide bonds. The van der Waals surface area contributed by atoms with Crippen molar-refractivity contribution in [2.75, 3.05) is 20.3 Å². The first-order valence-corrected chi connectivity index (χ1v) is 8.33. The van der Waals surface area contributed by atoms with Crippen LogP contribution >= 0.6 is 0 Å². The van der Waals surface area contributed by atoms with Crippen LogP contribution in [-0.2, 0) is 4.79 Å². The van der Waals surface area contributed by atoms with Crippen LogP contribution in [0.1, 0.15) is 22.3 Å². The van der Waals surface area contributed by atoms with Crippen LogP contribution < -0.4 is 14.2 Å². The molecular formula is C21H24O5. The molecule has 138 valence electrons. The first-order valence-electron chi connectivity index (χ1n) is 8.33. The molecule has 0 aliphatic rings. The van der Waals surface area contributed by atoms with Crippen LogP contribution in [-0.4, -0.2) is 31.4 Å². The number of carbonyl (C=O) groups is 1. The third-order valence-electron chi connectivity index (χ3n) is 3.99. The summed E-state index contributed by atoms with van der Waals surface area (Å²) in [4.78, 5) is 10.7. The fraction of sp³-hybridized carbons (Fsp3) is 0.286. The summed E-state index contributed by atoms with van der Waals surface area (Å²) in [6.07, 6.45) is 2.57. The average Bonchev–Trinajstić information content (AvgIpc) is 2.61. The highest BCUT2D eigenvalue weighted by atomic mass is 16.5. The van der Waals surface area contributed by atoms with Gasteiger partial charge in [-0.3, -0.25) is 0 Å². The van der Waals surface area contributed by atoms with E-state index in [1.54, 1.807) is 25.3 Å². The van der Waals surface area contributed by atoms with E-state index >= 15 is 0 Å². The van der Waals surface area contributed by atoms with Gasteiger partial charge in [0.15, 0.2) is 0 Å². The predicted octanol–water partition coefficient (Wildman–Crippen LogP) is 4.18. The molecule has 2 aromatic rings. The van der Waals surface area contributed by atoms with Gasteiger partial charge in [0.25, 0.3) is 0 Å². The molecule has 5 nitrogen and oxygen atoms in total. The molecule has 0 radical (unpaired) electrons. The van der Waals surface area contributed by atoms with Gasteiger partial charge in [0.05, 0.1) is 7.11 Å². The molecule has 0 atom stereocenters. The average molecular weight is 356 g/mol. The molecule has 0 saturated heterocycles. The highest BCUT2D eigenvalue weighted by Crippen LogP contribution is 2.26. The summed E-state index contributed by atoms with van der Waals surface area (Å²) in [6, 6.07) is 9.36. The minimum atomic E-state index is -1.01. The molecule has 0 aromatic heterocycles. The van der Waals surface area contributed by atoms with Crippen molar-refractivity contribution in [3.8, 4) is 17.2 Å². The van der Waals surface area contributed by atoms with Gasteiger partial charge in [0, 0.05) is 17.7 Å². The van der Waals surface area contributed by atoms with E-state index in [1.807, 2.05) is 19.9 Å². The van der Waals surface area contributed by atoms with Crippen LogP contribution in [0, 0.1) is 20.8 Å². The number of rotatable bonds is 8. The van der Waals surface area contributed by atoms with E-state index in [0.717, 1.165) is 23.0 Å². The number of carboxylic acid groups (broad SMARTS) is 1. The van der Waals surface area contributed by atoms with Crippen molar-refractivity contribution < 1.29 is 24.1 Å². The number of aliphatic carboxylic acids is 1. The molecular weight excluding hydrogens is 332 g/mol. The van der Waals surface area contributed by atoms with Crippen LogP contribution in [0.15, 0.2) is 36.4 Å². The Morgan fingerprint density at radius 2 is 1.73 bits per heavy atom. The van der Waals surface area contributed by atoms with E-state index in [4.69, 9.17) is 19.3 Å². The molecule has 26 heavy (non-hydrogen) atoms. The molecule has 0 aliphatic heterocycles. The van der Waals surface area contributed by atoms with Gasteiger partial charge in [-0.1, -0.05) is 6.07 Å². The standard InChI is InChI=1S/C21H24O5/c1-14-11-15(2)16(3)19(12-14)25-9-10-26-20-13-18(24-4)7-5-17(20)6-8-21(22)23/h5-8,11-13H,9-10H2,1-4H3,(H,22,23). The first kappa shape index (κ1) is 19.4. The fourth-order valence-corrected chi connectivity index (χ4v) is 2.52. The van der Waals surface area contributed by atoms with Gasteiger partial charge in [0.1, 0.15) is 30.5 Å². The summed E-state index contributed by atoms with van der Waals surface area (Å²) in [7, 11) is 1.57. The van der Waals surface area contributed by atoms with Crippen molar-refractivity contribution in [3.05, 3.63) is 58.7 Å². The minimum absolute atomic E-state index is 0.327.